The van der Waals surface area contributed by atoms with Gasteiger partial charge in [0.05, 0.1) is 0 Å². The van der Waals surface area contributed by atoms with Crippen LogP contribution in [0.25, 0.3) is 0 Å². The third kappa shape index (κ3) is 22.3. The second-order valence-corrected chi connectivity index (χ2v) is 9.46. The highest BCUT2D eigenvalue weighted by molar-refractivity contribution is 6.30. The van der Waals surface area contributed by atoms with Gasteiger partial charge in [0.15, 0.2) is 6.29 Å². The average Bonchev–Trinajstić information content (AvgIpc) is 2.76. The molecule has 0 atom stereocenters. The molecule has 2 radical (unpaired) electrons. The van der Waals surface area contributed by atoms with Crippen LogP contribution in [0.4, 0.5) is 0 Å². The molecule has 0 unspecified atom stereocenters. The number of methoxy groups -OCH3 is 2. The van der Waals surface area contributed by atoms with Crippen molar-refractivity contribution in [2.45, 2.75) is 141 Å². The Morgan fingerprint density at radius 3 is 1.60 bits per heavy atom. The van der Waals surface area contributed by atoms with E-state index in [1.54, 1.807) is 14.2 Å². The van der Waals surface area contributed by atoms with Crippen LogP contribution in [0.2, 0.25) is 6.04 Å². The largest absolute Gasteiger partial charge is 0.516 e. The fourth-order valence-electron chi connectivity index (χ4n) is 3.66. The summed E-state index contributed by atoms with van der Waals surface area (Å²) in [5.41, 5.74) is 0. The van der Waals surface area contributed by atoms with Gasteiger partial charge in [-0.3, -0.25) is 4.79 Å². The van der Waals surface area contributed by atoms with Gasteiger partial charge in [-0.25, -0.2) is 0 Å². The maximum Gasteiger partial charge on any atom is 0.314 e. The van der Waals surface area contributed by atoms with E-state index in [0.29, 0.717) is 16.2 Å². The molecule has 0 aromatic rings. The molecular formula is C25H50O4Si. The lowest BCUT2D eigenvalue weighted by Gasteiger charge is -2.12. The molecule has 0 fully saturated rings. The highest BCUT2D eigenvalue weighted by Gasteiger charge is 2.04. The van der Waals surface area contributed by atoms with Crippen LogP contribution in [-0.4, -0.2) is 36.2 Å². The monoisotopic (exact) mass is 442 g/mol. The molecule has 4 nitrogen and oxygen atoms in total. The molecule has 5 heteroatoms. The number of carbonyl (C=O) groups is 1. The summed E-state index contributed by atoms with van der Waals surface area (Å²) in [6, 6.07) is 1.05. The maximum atomic E-state index is 11.6. The summed E-state index contributed by atoms with van der Waals surface area (Å²) in [6.07, 6.45) is 23.5. The molecule has 0 saturated carbocycles. The Bertz CT molecular complexity index is 348. The molecule has 0 saturated heterocycles. The first-order valence-electron chi connectivity index (χ1n) is 12.7. The number of ether oxygens (including phenoxy) is 2. The molecule has 0 heterocycles. The van der Waals surface area contributed by atoms with Crippen molar-refractivity contribution in [2.75, 3.05) is 14.2 Å². The van der Waals surface area contributed by atoms with Crippen molar-refractivity contribution in [2.24, 2.45) is 0 Å². The molecule has 0 aliphatic carbocycles. The summed E-state index contributed by atoms with van der Waals surface area (Å²) in [5.74, 6) is 0.0129. The summed E-state index contributed by atoms with van der Waals surface area (Å²) in [6.45, 7) is 2.20. The summed E-state index contributed by atoms with van der Waals surface area (Å²) in [4.78, 5) is 11.6. The van der Waals surface area contributed by atoms with E-state index in [1.165, 1.54) is 103 Å². The zero-order valence-electron chi connectivity index (χ0n) is 20.4. The summed E-state index contributed by atoms with van der Waals surface area (Å²) in [5, 5.41) is 0. The van der Waals surface area contributed by atoms with Crippen LogP contribution in [0.5, 0.6) is 0 Å². The van der Waals surface area contributed by atoms with E-state index in [0.717, 1.165) is 18.9 Å². The smallest absolute Gasteiger partial charge is 0.314 e. The first-order chi connectivity index (χ1) is 14.7. The van der Waals surface area contributed by atoms with Crippen LogP contribution < -0.4 is 0 Å². The Hall–Kier alpha value is -0.393. The Balaban J connectivity index is 3.15. The van der Waals surface area contributed by atoms with E-state index in [4.69, 9.17) is 13.9 Å². The first kappa shape index (κ1) is 29.6. The molecule has 0 aliphatic heterocycles. The van der Waals surface area contributed by atoms with Crippen molar-refractivity contribution < 1.29 is 18.7 Å². The van der Waals surface area contributed by atoms with Gasteiger partial charge in [0, 0.05) is 20.6 Å². The molecule has 0 aromatic heterocycles. The quantitative estimate of drug-likeness (QED) is 0.0876. The highest BCUT2D eigenvalue weighted by Crippen LogP contribution is 2.14. The van der Waals surface area contributed by atoms with Crippen LogP contribution in [0, 0.1) is 0 Å². The van der Waals surface area contributed by atoms with E-state index >= 15 is 0 Å². The Morgan fingerprint density at radius 1 is 0.667 bits per heavy atom. The normalized spacial score (nSPS) is 11.3. The number of hydrogen-bond donors (Lipinski definition) is 0. The fourth-order valence-corrected chi connectivity index (χ4v) is 4.42. The predicted molar refractivity (Wildman–Crippen MR) is 128 cm³/mol. The van der Waals surface area contributed by atoms with Crippen LogP contribution in [0.15, 0.2) is 0 Å². The van der Waals surface area contributed by atoms with Gasteiger partial charge in [0.25, 0.3) is 5.97 Å². The zero-order chi connectivity index (χ0) is 22.1. The number of rotatable bonds is 24. The summed E-state index contributed by atoms with van der Waals surface area (Å²) in [7, 11) is 3.80. The van der Waals surface area contributed by atoms with Gasteiger partial charge in [-0.05, 0) is 25.3 Å². The van der Waals surface area contributed by atoms with Gasteiger partial charge < -0.3 is 13.9 Å². The summed E-state index contributed by atoms with van der Waals surface area (Å²) < 4.78 is 15.7. The van der Waals surface area contributed by atoms with Gasteiger partial charge in [-0.2, -0.15) is 0 Å². The fraction of sp³-hybridized carbons (Fsp3) is 0.960. The minimum Gasteiger partial charge on any atom is -0.516 e. The maximum absolute atomic E-state index is 11.6. The number of carbonyl (C=O) groups excluding carboxylic acids is 1. The number of hydrogen-bond acceptors (Lipinski definition) is 4. The minimum absolute atomic E-state index is 0.0129. The Morgan fingerprint density at radius 2 is 1.13 bits per heavy atom. The average molecular weight is 443 g/mol. The summed E-state index contributed by atoms with van der Waals surface area (Å²) >= 11 is 0. The van der Waals surface area contributed by atoms with Crippen LogP contribution in [0.3, 0.4) is 0 Å². The van der Waals surface area contributed by atoms with E-state index in [1.807, 2.05) is 0 Å². The molecule has 30 heavy (non-hydrogen) atoms. The zero-order valence-corrected chi connectivity index (χ0v) is 21.4. The molecule has 0 aliphatic rings. The SMILES string of the molecule is CCCCC[Si]OC(=O)CCCCCCCCCCCCCCCCC(OC)OC. The Labute approximate surface area is 190 Å². The lowest BCUT2D eigenvalue weighted by molar-refractivity contribution is -0.134. The van der Waals surface area contributed by atoms with Crippen molar-refractivity contribution in [3.63, 3.8) is 0 Å². The molecule has 0 rings (SSSR count). The lowest BCUT2D eigenvalue weighted by Crippen LogP contribution is -2.12. The van der Waals surface area contributed by atoms with Crippen LogP contribution >= 0.6 is 0 Å². The predicted octanol–water partition coefficient (Wildman–Crippen LogP) is 7.62. The van der Waals surface area contributed by atoms with Crippen molar-refractivity contribution in [3.05, 3.63) is 0 Å². The molecule has 178 valence electrons. The molecule has 0 bridgehead atoms. The first-order valence-corrected chi connectivity index (χ1v) is 13.8. The second kappa shape index (κ2) is 24.9. The third-order valence-corrected chi connectivity index (χ3v) is 6.59. The molecule has 0 spiro atoms. The topological polar surface area (TPSA) is 44.8 Å². The second-order valence-electron chi connectivity index (χ2n) is 8.46. The lowest BCUT2D eigenvalue weighted by atomic mass is 10.0. The molecule has 0 aromatic carbocycles. The van der Waals surface area contributed by atoms with E-state index in [2.05, 4.69) is 6.92 Å². The highest BCUT2D eigenvalue weighted by atomic mass is 28.2. The molecular weight excluding hydrogens is 392 g/mol. The third-order valence-electron chi connectivity index (χ3n) is 5.66. The van der Waals surface area contributed by atoms with Gasteiger partial charge >= 0.3 is 9.76 Å². The van der Waals surface area contributed by atoms with Gasteiger partial charge in [0.1, 0.15) is 0 Å². The standard InChI is InChI=1S/C25H50O4Si/c1-4-5-20-23-30-29-24(26)21-18-16-14-12-10-8-6-7-9-11-13-15-17-19-22-25(27-2)28-3/h25H,4-23H2,1-3H3. The van der Waals surface area contributed by atoms with Gasteiger partial charge in [-0.15, -0.1) is 0 Å². The van der Waals surface area contributed by atoms with Crippen molar-refractivity contribution >= 4 is 15.7 Å². The van der Waals surface area contributed by atoms with Crippen LogP contribution in [0.1, 0.15) is 129 Å². The Kier molecular flexibility index (Phi) is 24.5. The van der Waals surface area contributed by atoms with Crippen LogP contribution in [-0.2, 0) is 18.7 Å². The van der Waals surface area contributed by atoms with Crippen molar-refractivity contribution in [1.82, 2.24) is 0 Å². The van der Waals surface area contributed by atoms with E-state index in [-0.39, 0.29) is 12.3 Å². The molecule has 0 amide bonds. The van der Waals surface area contributed by atoms with E-state index in [9.17, 15) is 4.79 Å². The van der Waals surface area contributed by atoms with Crippen molar-refractivity contribution in [1.29, 1.82) is 0 Å². The minimum atomic E-state index is -0.0214. The van der Waals surface area contributed by atoms with Gasteiger partial charge in [0.2, 0.25) is 0 Å². The van der Waals surface area contributed by atoms with Crippen molar-refractivity contribution in [3.8, 4) is 0 Å². The molecule has 0 N–H and O–H groups in total. The van der Waals surface area contributed by atoms with Gasteiger partial charge in [-0.1, -0.05) is 103 Å². The number of unbranched alkanes of at least 4 members (excludes halogenated alkanes) is 15. The van der Waals surface area contributed by atoms with E-state index < -0.39 is 0 Å².